The van der Waals surface area contributed by atoms with E-state index < -0.39 is 0 Å². The van der Waals surface area contributed by atoms with Gasteiger partial charge in [0.1, 0.15) is 0 Å². The summed E-state index contributed by atoms with van der Waals surface area (Å²) in [6.07, 6.45) is 0.616. The zero-order valence-corrected chi connectivity index (χ0v) is 15.2. The van der Waals surface area contributed by atoms with E-state index in [0.29, 0.717) is 12.5 Å². The molecule has 1 amide bonds. The summed E-state index contributed by atoms with van der Waals surface area (Å²) in [6, 6.07) is 0.349. The fourth-order valence-electron chi connectivity index (χ4n) is 2.36. The van der Waals surface area contributed by atoms with Crippen molar-refractivity contribution < 1.29 is 4.79 Å². The quantitative estimate of drug-likeness (QED) is 0.690. The maximum Gasteiger partial charge on any atom is 0.221 e. The molecule has 21 heavy (non-hydrogen) atoms. The lowest BCUT2D eigenvalue weighted by atomic mass is 10.2. The summed E-state index contributed by atoms with van der Waals surface area (Å²) < 4.78 is 0. The predicted molar refractivity (Wildman–Crippen MR) is 93.8 cm³/mol. The van der Waals surface area contributed by atoms with Gasteiger partial charge in [-0.1, -0.05) is 13.8 Å². The van der Waals surface area contributed by atoms with E-state index in [9.17, 15) is 4.79 Å². The second-order valence-corrected chi connectivity index (χ2v) is 5.29. The molecule has 0 aliphatic carbocycles. The number of carbonyl (C=O) groups excluding carboxylic acids is 1. The monoisotopic (exact) mass is 342 g/mol. The number of rotatable bonds is 8. The minimum Gasteiger partial charge on any atom is -0.355 e. The van der Waals surface area contributed by atoms with Gasteiger partial charge in [0.05, 0.1) is 0 Å². The molecule has 2 N–H and O–H groups in total. The molecule has 5 nitrogen and oxygen atoms in total. The molecule has 128 valence electrons. The number of halogens is 2. The Bertz CT molecular complexity index is 261. The second-order valence-electron chi connectivity index (χ2n) is 5.29. The molecule has 1 aliphatic rings. The number of nitrogens with one attached hydrogen (secondary N) is 2. The molecule has 1 heterocycles. The van der Waals surface area contributed by atoms with Crippen LogP contribution in [0.15, 0.2) is 0 Å². The van der Waals surface area contributed by atoms with Crippen molar-refractivity contribution in [1.82, 2.24) is 20.4 Å². The lowest BCUT2D eigenvalue weighted by Crippen LogP contribution is -2.47. The van der Waals surface area contributed by atoms with E-state index in [4.69, 9.17) is 0 Å². The van der Waals surface area contributed by atoms with Crippen LogP contribution < -0.4 is 10.6 Å². The molecule has 1 fully saturated rings. The average molecular weight is 343 g/mol. The van der Waals surface area contributed by atoms with Crippen LogP contribution >= 0.6 is 24.8 Å². The SMILES string of the molecule is CCN[C@H](C)CNC(=O)CCN1CCN(CC)CC1.Cl.Cl. The zero-order valence-electron chi connectivity index (χ0n) is 13.6. The largest absolute Gasteiger partial charge is 0.355 e. The Hall–Kier alpha value is -0.0700. The molecule has 1 atom stereocenters. The third-order valence-electron chi connectivity index (χ3n) is 3.73. The summed E-state index contributed by atoms with van der Waals surface area (Å²) in [6.45, 7) is 14.5. The van der Waals surface area contributed by atoms with Crippen LogP contribution in [0, 0.1) is 0 Å². The van der Waals surface area contributed by atoms with Gasteiger partial charge in [0.15, 0.2) is 0 Å². The van der Waals surface area contributed by atoms with E-state index in [1.165, 1.54) is 0 Å². The Balaban J connectivity index is 0. The van der Waals surface area contributed by atoms with Crippen molar-refractivity contribution >= 4 is 30.7 Å². The van der Waals surface area contributed by atoms with Gasteiger partial charge in [-0.05, 0) is 20.0 Å². The fourth-order valence-corrected chi connectivity index (χ4v) is 2.36. The Morgan fingerprint density at radius 3 is 2.19 bits per heavy atom. The van der Waals surface area contributed by atoms with E-state index in [2.05, 4.69) is 41.2 Å². The van der Waals surface area contributed by atoms with Crippen LogP contribution in [0.25, 0.3) is 0 Å². The highest BCUT2D eigenvalue weighted by atomic mass is 35.5. The van der Waals surface area contributed by atoms with Crippen molar-refractivity contribution in [3.05, 3.63) is 0 Å². The number of likely N-dealkylation sites (N-methyl/N-ethyl adjacent to an activating group) is 2. The first-order chi connectivity index (χ1) is 9.15. The van der Waals surface area contributed by atoms with Gasteiger partial charge in [0.25, 0.3) is 0 Å². The molecule has 1 aliphatic heterocycles. The highest BCUT2D eigenvalue weighted by Gasteiger charge is 2.16. The summed E-state index contributed by atoms with van der Waals surface area (Å²) in [4.78, 5) is 16.6. The summed E-state index contributed by atoms with van der Waals surface area (Å²) >= 11 is 0. The molecule has 1 saturated heterocycles. The first kappa shape index (κ1) is 23.2. The van der Waals surface area contributed by atoms with Gasteiger partial charge < -0.3 is 20.4 Å². The summed E-state index contributed by atoms with van der Waals surface area (Å²) in [7, 11) is 0. The number of hydrogen-bond donors (Lipinski definition) is 2. The van der Waals surface area contributed by atoms with E-state index in [1.54, 1.807) is 0 Å². The van der Waals surface area contributed by atoms with Gasteiger partial charge in [-0.2, -0.15) is 0 Å². The minimum atomic E-state index is 0. The molecule has 0 saturated carbocycles. The smallest absolute Gasteiger partial charge is 0.221 e. The van der Waals surface area contributed by atoms with Crippen LogP contribution in [0.3, 0.4) is 0 Å². The molecular weight excluding hydrogens is 311 g/mol. The summed E-state index contributed by atoms with van der Waals surface area (Å²) in [5.41, 5.74) is 0. The van der Waals surface area contributed by atoms with E-state index >= 15 is 0 Å². The first-order valence-corrected chi connectivity index (χ1v) is 7.60. The molecular formula is C14H32Cl2N4O. The lowest BCUT2D eigenvalue weighted by Gasteiger charge is -2.33. The Kier molecular flexibility index (Phi) is 15.0. The third-order valence-corrected chi connectivity index (χ3v) is 3.73. The zero-order chi connectivity index (χ0) is 14.1. The number of hydrogen-bond acceptors (Lipinski definition) is 4. The highest BCUT2D eigenvalue weighted by Crippen LogP contribution is 2.01. The molecule has 0 radical (unpaired) electrons. The number of amides is 1. The minimum absolute atomic E-state index is 0. The molecule has 0 aromatic carbocycles. The van der Waals surface area contributed by atoms with Gasteiger partial charge >= 0.3 is 0 Å². The van der Waals surface area contributed by atoms with Crippen molar-refractivity contribution in [2.24, 2.45) is 0 Å². The van der Waals surface area contributed by atoms with Gasteiger partial charge in [-0.15, -0.1) is 24.8 Å². The van der Waals surface area contributed by atoms with Crippen LogP contribution in [-0.2, 0) is 4.79 Å². The fraction of sp³-hybridized carbons (Fsp3) is 0.929. The molecule has 7 heteroatoms. The third kappa shape index (κ3) is 10.3. The van der Waals surface area contributed by atoms with Crippen LogP contribution in [0.1, 0.15) is 27.2 Å². The van der Waals surface area contributed by atoms with Crippen molar-refractivity contribution in [2.45, 2.75) is 33.2 Å². The van der Waals surface area contributed by atoms with Crippen LogP contribution in [0.2, 0.25) is 0 Å². The Morgan fingerprint density at radius 2 is 1.67 bits per heavy atom. The van der Waals surface area contributed by atoms with Crippen LogP contribution in [0.5, 0.6) is 0 Å². The molecule has 1 rings (SSSR count). The lowest BCUT2D eigenvalue weighted by molar-refractivity contribution is -0.121. The second kappa shape index (κ2) is 13.6. The number of nitrogens with zero attached hydrogens (tertiary/aromatic N) is 2. The molecule has 0 aromatic rings. The van der Waals surface area contributed by atoms with Crippen LogP contribution in [0.4, 0.5) is 0 Å². The molecule has 0 spiro atoms. The highest BCUT2D eigenvalue weighted by molar-refractivity contribution is 5.85. The normalized spacial score (nSPS) is 17.5. The number of piperazine rings is 1. The van der Waals surface area contributed by atoms with Gasteiger partial charge in [0, 0.05) is 51.7 Å². The Labute approximate surface area is 142 Å². The van der Waals surface area contributed by atoms with Crippen molar-refractivity contribution in [2.75, 3.05) is 52.4 Å². The van der Waals surface area contributed by atoms with Gasteiger partial charge in [-0.3, -0.25) is 4.79 Å². The topological polar surface area (TPSA) is 47.6 Å². The number of carbonyl (C=O) groups is 1. The summed E-state index contributed by atoms with van der Waals surface area (Å²) in [5, 5.41) is 6.28. The van der Waals surface area contributed by atoms with E-state index in [0.717, 1.165) is 52.4 Å². The summed E-state index contributed by atoms with van der Waals surface area (Å²) in [5.74, 6) is 0.169. The van der Waals surface area contributed by atoms with Gasteiger partial charge in [-0.25, -0.2) is 0 Å². The van der Waals surface area contributed by atoms with Crippen LogP contribution in [-0.4, -0.2) is 74.1 Å². The maximum atomic E-state index is 11.7. The van der Waals surface area contributed by atoms with Gasteiger partial charge in [0.2, 0.25) is 5.91 Å². The molecule has 0 bridgehead atoms. The van der Waals surface area contributed by atoms with E-state index in [1.807, 2.05) is 0 Å². The van der Waals surface area contributed by atoms with E-state index in [-0.39, 0.29) is 30.7 Å². The van der Waals surface area contributed by atoms with Crippen molar-refractivity contribution in [3.8, 4) is 0 Å². The molecule has 0 unspecified atom stereocenters. The van der Waals surface area contributed by atoms with Crippen molar-refractivity contribution in [3.63, 3.8) is 0 Å². The standard InChI is InChI=1S/C14H30N4O.2ClH/c1-4-15-13(3)12-16-14(19)6-7-18-10-8-17(5-2)9-11-18;;/h13,15H,4-12H2,1-3H3,(H,16,19);2*1H/t13-;;/m1../s1. The molecule has 0 aromatic heterocycles. The first-order valence-electron chi connectivity index (χ1n) is 7.60. The maximum absolute atomic E-state index is 11.7. The average Bonchev–Trinajstić information content (AvgIpc) is 2.44. The van der Waals surface area contributed by atoms with Crippen molar-refractivity contribution in [1.29, 1.82) is 0 Å². The Morgan fingerprint density at radius 1 is 1.10 bits per heavy atom. The predicted octanol–water partition coefficient (Wildman–Crippen LogP) is 0.972.